The number of halogens is 2. The number of aromatic nitrogens is 1. The van der Waals surface area contributed by atoms with Crippen LogP contribution in [-0.2, 0) is 0 Å². The Bertz CT molecular complexity index is 646. The highest BCUT2D eigenvalue weighted by Gasteiger charge is 2.17. The van der Waals surface area contributed by atoms with Crippen molar-refractivity contribution in [3.63, 3.8) is 0 Å². The van der Waals surface area contributed by atoms with E-state index in [4.69, 9.17) is 17.3 Å². The summed E-state index contributed by atoms with van der Waals surface area (Å²) in [4.78, 5) is 16.7. The van der Waals surface area contributed by atoms with Crippen LogP contribution in [0.3, 0.4) is 0 Å². The first kappa shape index (κ1) is 15.3. The fourth-order valence-electron chi connectivity index (χ4n) is 1.49. The molecule has 1 amide bonds. The van der Waals surface area contributed by atoms with Gasteiger partial charge in [-0.25, -0.2) is 4.98 Å². The van der Waals surface area contributed by atoms with Gasteiger partial charge in [0.1, 0.15) is 10.7 Å². The SMILES string of the molecule is CCNc1nc(N)c(C(=O)Nc2ccc(Cl)cc2I)s1. The fraction of sp³-hybridized carbons (Fsp3) is 0.167. The minimum atomic E-state index is -0.274. The van der Waals surface area contributed by atoms with E-state index < -0.39 is 0 Å². The molecule has 8 heteroatoms. The first-order valence-corrected chi connectivity index (χ1v) is 8.05. The van der Waals surface area contributed by atoms with Gasteiger partial charge in [-0.2, -0.15) is 0 Å². The zero-order chi connectivity index (χ0) is 14.7. The molecule has 0 fully saturated rings. The molecule has 0 spiro atoms. The third-order valence-electron chi connectivity index (χ3n) is 2.37. The van der Waals surface area contributed by atoms with E-state index in [1.807, 2.05) is 6.92 Å². The number of nitrogens with zero attached hydrogens (tertiary/aromatic N) is 1. The first-order valence-electron chi connectivity index (χ1n) is 5.77. The van der Waals surface area contributed by atoms with Gasteiger partial charge in [0.2, 0.25) is 0 Å². The van der Waals surface area contributed by atoms with Crippen molar-refractivity contribution in [3.8, 4) is 0 Å². The number of nitrogens with two attached hydrogens (primary N) is 1. The molecular weight excluding hydrogens is 411 g/mol. The van der Waals surface area contributed by atoms with Crippen LogP contribution in [0.4, 0.5) is 16.6 Å². The lowest BCUT2D eigenvalue weighted by atomic mass is 10.3. The van der Waals surface area contributed by atoms with Gasteiger partial charge in [0.15, 0.2) is 5.13 Å². The average molecular weight is 423 g/mol. The third kappa shape index (κ3) is 3.53. The number of hydrogen-bond acceptors (Lipinski definition) is 5. The molecule has 1 heterocycles. The second-order valence-corrected chi connectivity index (χ2v) is 6.44. The molecular formula is C12H12ClIN4OS. The standard InChI is InChI=1S/C12H12ClIN4OS/c1-2-16-12-18-10(15)9(20-12)11(19)17-8-4-3-6(13)5-7(8)14/h3-5H,2,15H2,1H3,(H,16,18)(H,17,19). The van der Waals surface area contributed by atoms with E-state index in [0.717, 1.165) is 10.1 Å². The number of hydrogen-bond donors (Lipinski definition) is 3. The number of amides is 1. The van der Waals surface area contributed by atoms with Crippen molar-refractivity contribution in [2.24, 2.45) is 0 Å². The smallest absolute Gasteiger partial charge is 0.269 e. The quantitative estimate of drug-likeness (QED) is 0.657. The van der Waals surface area contributed by atoms with Crippen LogP contribution in [0.25, 0.3) is 0 Å². The van der Waals surface area contributed by atoms with Gasteiger partial charge in [-0.05, 0) is 47.7 Å². The van der Waals surface area contributed by atoms with Gasteiger partial charge in [-0.3, -0.25) is 4.79 Å². The maximum Gasteiger partial charge on any atom is 0.269 e. The lowest BCUT2D eigenvalue weighted by Crippen LogP contribution is -2.13. The number of nitrogen functional groups attached to an aromatic ring is 1. The molecule has 0 saturated heterocycles. The van der Waals surface area contributed by atoms with Crippen molar-refractivity contribution in [3.05, 3.63) is 31.7 Å². The molecule has 1 aromatic carbocycles. The van der Waals surface area contributed by atoms with Crippen LogP contribution in [0.15, 0.2) is 18.2 Å². The van der Waals surface area contributed by atoms with Crippen LogP contribution in [0.1, 0.15) is 16.6 Å². The Morgan fingerprint density at radius 3 is 2.95 bits per heavy atom. The number of carbonyl (C=O) groups is 1. The van der Waals surface area contributed by atoms with Gasteiger partial charge in [0.05, 0.1) is 5.69 Å². The zero-order valence-electron chi connectivity index (χ0n) is 10.5. The lowest BCUT2D eigenvalue weighted by molar-refractivity contribution is 0.103. The molecule has 0 saturated carbocycles. The Hall–Kier alpha value is -1.06. The molecule has 0 aliphatic heterocycles. The molecule has 2 rings (SSSR count). The van der Waals surface area contributed by atoms with E-state index in [0.29, 0.717) is 20.7 Å². The van der Waals surface area contributed by atoms with Gasteiger partial charge < -0.3 is 16.4 Å². The third-order valence-corrected chi connectivity index (χ3v) is 4.52. The first-order chi connectivity index (χ1) is 9.51. The van der Waals surface area contributed by atoms with Crippen molar-refractivity contribution >= 4 is 68.1 Å². The highest BCUT2D eigenvalue weighted by molar-refractivity contribution is 14.1. The molecule has 0 atom stereocenters. The van der Waals surface area contributed by atoms with E-state index in [9.17, 15) is 4.79 Å². The monoisotopic (exact) mass is 422 g/mol. The van der Waals surface area contributed by atoms with Crippen molar-refractivity contribution in [1.29, 1.82) is 0 Å². The molecule has 5 nitrogen and oxygen atoms in total. The number of nitrogens with one attached hydrogen (secondary N) is 2. The number of thiazole rings is 1. The number of anilines is 3. The molecule has 0 radical (unpaired) electrons. The lowest BCUT2D eigenvalue weighted by Gasteiger charge is -2.06. The molecule has 0 aliphatic carbocycles. The average Bonchev–Trinajstić information content (AvgIpc) is 2.74. The Morgan fingerprint density at radius 2 is 2.30 bits per heavy atom. The summed E-state index contributed by atoms with van der Waals surface area (Å²) < 4.78 is 0.860. The molecule has 106 valence electrons. The maximum absolute atomic E-state index is 12.2. The van der Waals surface area contributed by atoms with E-state index >= 15 is 0 Å². The Kier molecular flexibility index (Phi) is 5.06. The number of rotatable bonds is 4. The Balaban J connectivity index is 2.19. The predicted octanol–water partition coefficient (Wildman–Crippen LogP) is 3.67. The summed E-state index contributed by atoms with van der Waals surface area (Å²) in [5, 5.41) is 7.11. The Labute approximate surface area is 139 Å². The van der Waals surface area contributed by atoms with Crippen LogP contribution in [0.5, 0.6) is 0 Å². The summed E-state index contributed by atoms with van der Waals surface area (Å²) in [5.74, 6) is -0.0446. The fourth-order valence-corrected chi connectivity index (χ4v) is 3.35. The zero-order valence-corrected chi connectivity index (χ0v) is 14.3. The second kappa shape index (κ2) is 6.59. The molecule has 4 N–H and O–H groups in total. The minimum Gasteiger partial charge on any atom is -0.382 e. The topological polar surface area (TPSA) is 80.0 Å². The molecule has 0 unspecified atom stereocenters. The number of benzene rings is 1. The van der Waals surface area contributed by atoms with E-state index in [-0.39, 0.29) is 11.7 Å². The van der Waals surface area contributed by atoms with E-state index in [1.165, 1.54) is 11.3 Å². The molecule has 0 aliphatic rings. The highest BCUT2D eigenvalue weighted by Crippen LogP contribution is 2.27. The van der Waals surface area contributed by atoms with Crippen LogP contribution in [-0.4, -0.2) is 17.4 Å². The normalized spacial score (nSPS) is 10.3. The van der Waals surface area contributed by atoms with Gasteiger partial charge in [0.25, 0.3) is 5.91 Å². The number of carbonyl (C=O) groups excluding carboxylic acids is 1. The summed E-state index contributed by atoms with van der Waals surface area (Å²) in [6.45, 7) is 2.68. The van der Waals surface area contributed by atoms with Gasteiger partial charge in [-0.1, -0.05) is 22.9 Å². The molecule has 0 bridgehead atoms. The summed E-state index contributed by atoms with van der Waals surface area (Å²) in [7, 11) is 0. The van der Waals surface area contributed by atoms with Crippen LogP contribution >= 0.6 is 45.5 Å². The summed E-state index contributed by atoms with van der Waals surface area (Å²) in [5.41, 5.74) is 6.46. The van der Waals surface area contributed by atoms with Crippen molar-refractivity contribution in [2.75, 3.05) is 22.9 Å². The van der Waals surface area contributed by atoms with Gasteiger partial charge >= 0.3 is 0 Å². The van der Waals surface area contributed by atoms with Crippen LogP contribution < -0.4 is 16.4 Å². The van der Waals surface area contributed by atoms with E-state index in [2.05, 4.69) is 38.2 Å². The van der Waals surface area contributed by atoms with Crippen molar-refractivity contribution < 1.29 is 4.79 Å². The van der Waals surface area contributed by atoms with Crippen molar-refractivity contribution in [1.82, 2.24) is 4.98 Å². The summed E-state index contributed by atoms with van der Waals surface area (Å²) >= 11 is 9.22. The summed E-state index contributed by atoms with van der Waals surface area (Å²) in [6, 6.07) is 5.25. The Morgan fingerprint density at radius 1 is 1.55 bits per heavy atom. The second-order valence-electron chi connectivity index (χ2n) is 3.84. The molecule has 2 aromatic rings. The van der Waals surface area contributed by atoms with Crippen LogP contribution in [0.2, 0.25) is 5.02 Å². The molecule has 1 aromatic heterocycles. The maximum atomic E-state index is 12.2. The van der Waals surface area contributed by atoms with Gasteiger partial charge in [-0.15, -0.1) is 0 Å². The minimum absolute atomic E-state index is 0.229. The van der Waals surface area contributed by atoms with Crippen molar-refractivity contribution in [2.45, 2.75) is 6.92 Å². The largest absolute Gasteiger partial charge is 0.382 e. The van der Waals surface area contributed by atoms with E-state index in [1.54, 1.807) is 18.2 Å². The predicted molar refractivity (Wildman–Crippen MR) is 92.8 cm³/mol. The van der Waals surface area contributed by atoms with Gasteiger partial charge in [0, 0.05) is 15.1 Å². The van der Waals surface area contributed by atoms with Crippen LogP contribution in [0, 0.1) is 3.57 Å². The summed E-state index contributed by atoms with van der Waals surface area (Å²) in [6.07, 6.45) is 0. The highest BCUT2D eigenvalue weighted by atomic mass is 127. The molecule has 20 heavy (non-hydrogen) atoms.